The molecule has 0 fully saturated rings. The molecule has 0 atom stereocenters. The third-order valence-corrected chi connectivity index (χ3v) is 2.15. The molecule has 2 aromatic rings. The average Bonchev–Trinajstić information content (AvgIpc) is 2.62. The summed E-state index contributed by atoms with van der Waals surface area (Å²) in [5.41, 5.74) is 0.452. The van der Waals surface area contributed by atoms with Crippen molar-refractivity contribution in [3.05, 3.63) is 22.3 Å². The van der Waals surface area contributed by atoms with Gasteiger partial charge in [-0.1, -0.05) is 0 Å². The van der Waals surface area contributed by atoms with E-state index in [0.717, 1.165) is 0 Å². The van der Waals surface area contributed by atoms with Crippen LogP contribution in [0.5, 0.6) is 0 Å². The fourth-order valence-corrected chi connectivity index (χ4v) is 1.55. The highest BCUT2D eigenvalue weighted by molar-refractivity contribution is 6.31. The SMILES string of the molecule is CCOC(=O)c1cc2nc(Cl)nc(Cl)n2n1. The minimum atomic E-state index is -0.541. The van der Waals surface area contributed by atoms with Gasteiger partial charge in [0.2, 0.25) is 10.6 Å². The summed E-state index contributed by atoms with van der Waals surface area (Å²) in [7, 11) is 0. The zero-order valence-corrected chi connectivity index (χ0v) is 9.66. The second kappa shape index (κ2) is 4.23. The average molecular weight is 261 g/mol. The minimum absolute atomic E-state index is 0.00666. The smallest absolute Gasteiger partial charge is 0.358 e. The van der Waals surface area contributed by atoms with Gasteiger partial charge >= 0.3 is 5.97 Å². The molecule has 6 nitrogen and oxygen atoms in total. The van der Waals surface area contributed by atoms with Gasteiger partial charge in [0, 0.05) is 6.07 Å². The maximum absolute atomic E-state index is 11.4. The Balaban J connectivity index is 2.51. The molecule has 0 aliphatic rings. The highest BCUT2D eigenvalue weighted by Crippen LogP contribution is 2.13. The number of esters is 1. The Kier molecular flexibility index (Phi) is 2.93. The normalized spacial score (nSPS) is 10.7. The molecule has 0 bridgehead atoms. The molecule has 0 aliphatic heterocycles. The largest absolute Gasteiger partial charge is 0.461 e. The second-order valence-electron chi connectivity index (χ2n) is 2.78. The molecule has 0 aliphatic carbocycles. The molecule has 0 unspecified atom stereocenters. The van der Waals surface area contributed by atoms with Crippen molar-refractivity contribution >= 4 is 34.8 Å². The van der Waals surface area contributed by atoms with Gasteiger partial charge in [-0.15, -0.1) is 0 Å². The van der Waals surface area contributed by atoms with Crippen molar-refractivity contribution < 1.29 is 9.53 Å². The fourth-order valence-electron chi connectivity index (χ4n) is 1.13. The van der Waals surface area contributed by atoms with Crippen LogP contribution in [0.25, 0.3) is 5.65 Å². The lowest BCUT2D eigenvalue weighted by molar-refractivity contribution is 0.0519. The van der Waals surface area contributed by atoms with E-state index in [9.17, 15) is 4.79 Å². The molecule has 0 saturated heterocycles. The van der Waals surface area contributed by atoms with Crippen LogP contribution in [0.3, 0.4) is 0 Å². The van der Waals surface area contributed by atoms with Gasteiger partial charge in [0.25, 0.3) is 0 Å². The van der Waals surface area contributed by atoms with E-state index >= 15 is 0 Å². The molecule has 84 valence electrons. The molecule has 0 radical (unpaired) electrons. The summed E-state index contributed by atoms with van der Waals surface area (Å²) in [6.45, 7) is 1.98. The van der Waals surface area contributed by atoms with Crippen LogP contribution < -0.4 is 0 Å². The molecular formula is C8H6Cl2N4O2. The third-order valence-electron chi connectivity index (χ3n) is 1.74. The molecule has 0 aromatic carbocycles. The second-order valence-corrected chi connectivity index (χ2v) is 3.46. The number of fused-ring (bicyclic) bond motifs is 1. The highest BCUT2D eigenvalue weighted by atomic mass is 35.5. The number of rotatable bonds is 2. The quantitative estimate of drug-likeness (QED) is 0.768. The summed E-state index contributed by atoms with van der Waals surface area (Å²) in [5, 5.41) is 3.92. The van der Waals surface area contributed by atoms with Crippen LogP contribution in [0.4, 0.5) is 0 Å². The number of halogens is 2. The van der Waals surface area contributed by atoms with Crippen molar-refractivity contribution in [2.45, 2.75) is 6.92 Å². The zero-order valence-electron chi connectivity index (χ0n) is 8.15. The highest BCUT2D eigenvalue weighted by Gasteiger charge is 2.14. The molecule has 0 N–H and O–H groups in total. The van der Waals surface area contributed by atoms with Gasteiger partial charge in [-0.3, -0.25) is 0 Å². The van der Waals surface area contributed by atoms with Gasteiger partial charge in [-0.05, 0) is 30.1 Å². The molecular weight excluding hydrogens is 255 g/mol. The number of aromatic nitrogens is 4. The molecule has 0 spiro atoms. The maximum Gasteiger partial charge on any atom is 0.358 e. The van der Waals surface area contributed by atoms with E-state index in [0.29, 0.717) is 5.65 Å². The van der Waals surface area contributed by atoms with Crippen molar-refractivity contribution in [2.24, 2.45) is 0 Å². The summed E-state index contributed by atoms with van der Waals surface area (Å²) < 4.78 is 6.00. The van der Waals surface area contributed by atoms with Crippen LogP contribution in [-0.4, -0.2) is 32.2 Å². The summed E-state index contributed by atoms with van der Waals surface area (Å²) in [5.74, 6) is -0.541. The van der Waals surface area contributed by atoms with Crippen LogP contribution in [0.15, 0.2) is 6.07 Å². The van der Waals surface area contributed by atoms with Gasteiger partial charge in [-0.2, -0.15) is 19.6 Å². The number of hydrogen-bond donors (Lipinski definition) is 0. The zero-order chi connectivity index (χ0) is 11.7. The Morgan fingerprint density at radius 2 is 2.25 bits per heavy atom. The molecule has 0 saturated carbocycles. The van der Waals surface area contributed by atoms with Gasteiger partial charge in [0.05, 0.1) is 6.61 Å². The van der Waals surface area contributed by atoms with E-state index in [2.05, 4.69) is 15.1 Å². The Morgan fingerprint density at radius 1 is 1.50 bits per heavy atom. The van der Waals surface area contributed by atoms with Gasteiger partial charge in [-0.25, -0.2) is 4.79 Å². The van der Waals surface area contributed by atoms with Crippen molar-refractivity contribution in [1.82, 2.24) is 19.6 Å². The first-order valence-electron chi connectivity index (χ1n) is 4.37. The Morgan fingerprint density at radius 3 is 2.94 bits per heavy atom. The summed E-state index contributed by atoms with van der Waals surface area (Å²) >= 11 is 11.4. The van der Waals surface area contributed by atoms with Gasteiger partial charge in [0.15, 0.2) is 11.3 Å². The Labute approximate surface area is 100 Å². The third kappa shape index (κ3) is 1.94. The van der Waals surface area contributed by atoms with Crippen LogP contribution >= 0.6 is 23.2 Å². The monoisotopic (exact) mass is 260 g/mol. The predicted molar refractivity (Wildman–Crippen MR) is 56.8 cm³/mol. The number of hydrogen-bond acceptors (Lipinski definition) is 5. The summed E-state index contributed by atoms with van der Waals surface area (Å²) in [4.78, 5) is 18.9. The first-order valence-corrected chi connectivity index (χ1v) is 5.13. The predicted octanol–water partition coefficient (Wildman–Crippen LogP) is 1.61. The molecule has 2 aromatic heterocycles. The maximum atomic E-state index is 11.4. The molecule has 2 rings (SSSR count). The van der Waals surface area contributed by atoms with E-state index in [1.165, 1.54) is 10.6 Å². The van der Waals surface area contributed by atoms with Crippen LogP contribution in [-0.2, 0) is 4.74 Å². The lowest BCUT2D eigenvalue weighted by Gasteiger charge is -1.96. The summed E-state index contributed by atoms with van der Waals surface area (Å²) in [6.07, 6.45) is 0. The molecule has 2 heterocycles. The molecule has 16 heavy (non-hydrogen) atoms. The lowest BCUT2D eigenvalue weighted by atomic mass is 10.4. The standard InChI is InChI=1S/C8H6Cl2N4O2/c1-2-16-6(15)4-3-5-11-7(9)12-8(10)14(5)13-4/h3H,2H2,1H3. The molecule has 0 amide bonds. The number of carbonyl (C=O) groups excluding carboxylic acids is 1. The first kappa shape index (κ1) is 11.1. The van der Waals surface area contributed by atoms with E-state index in [-0.39, 0.29) is 22.9 Å². The first-order chi connectivity index (χ1) is 7.61. The van der Waals surface area contributed by atoms with Crippen molar-refractivity contribution in [2.75, 3.05) is 6.61 Å². The number of nitrogens with zero attached hydrogens (tertiary/aromatic N) is 4. The van der Waals surface area contributed by atoms with Crippen LogP contribution in [0.2, 0.25) is 10.6 Å². The van der Waals surface area contributed by atoms with Crippen LogP contribution in [0, 0.1) is 0 Å². The van der Waals surface area contributed by atoms with Gasteiger partial charge in [0.1, 0.15) is 0 Å². The minimum Gasteiger partial charge on any atom is -0.461 e. The topological polar surface area (TPSA) is 69.4 Å². The molecule has 8 heteroatoms. The fraction of sp³-hybridized carbons (Fsp3) is 0.250. The number of ether oxygens (including phenoxy) is 1. The van der Waals surface area contributed by atoms with Crippen LogP contribution in [0.1, 0.15) is 17.4 Å². The lowest BCUT2D eigenvalue weighted by Crippen LogP contribution is -2.05. The van der Waals surface area contributed by atoms with Gasteiger partial charge < -0.3 is 4.74 Å². The summed E-state index contributed by atoms with van der Waals surface area (Å²) in [6, 6.07) is 1.43. The van der Waals surface area contributed by atoms with E-state index in [1.54, 1.807) is 6.92 Å². The number of carbonyl (C=O) groups is 1. The van der Waals surface area contributed by atoms with E-state index < -0.39 is 5.97 Å². The van der Waals surface area contributed by atoms with E-state index in [4.69, 9.17) is 27.9 Å². The Bertz CT molecular complexity index is 554. The van der Waals surface area contributed by atoms with Crippen molar-refractivity contribution in [1.29, 1.82) is 0 Å². The van der Waals surface area contributed by atoms with Crippen molar-refractivity contribution in [3.8, 4) is 0 Å². The Hall–Kier alpha value is -1.40. The van der Waals surface area contributed by atoms with E-state index in [1.807, 2.05) is 0 Å². The van der Waals surface area contributed by atoms with Crippen molar-refractivity contribution in [3.63, 3.8) is 0 Å².